The first-order valence-electron chi connectivity index (χ1n) is 10.4. The van der Waals surface area contributed by atoms with Gasteiger partial charge in [-0.25, -0.2) is 4.79 Å². The van der Waals surface area contributed by atoms with E-state index in [0.29, 0.717) is 11.5 Å². The van der Waals surface area contributed by atoms with E-state index in [0.717, 1.165) is 17.1 Å². The van der Waals surface area contributed by atoms with Crippen LogP contribution in [0, 0.1) is 5.41 Å². The highest BCUT2D eigenvalue weighted by molar-refractivity contribution is 6.13. The number of hydrogen-bond donors (Lipinski definition) is 1. The quantitative estimate of drug-likeness (QED) is 0.441. The van der Waals surface area contributed by atoms with E-state index in [1.54, 1.807) is 27.7 Å². The van der Waals surface area contributed by atoms with Crippen molar-refractivity contribution in [2.24, 2.45) is 5.41 Å². The van der Waals surface area contributed by atoms with Crippen LogP contribution < -0.4 is 5.32 Å². The van der Waals surface area contributed by atoms with Crippen molar-refractivity contribution < 1.29 is 38.3 Å². The molecule has 2 heterocycles. The van der Waals surface area contributed by atoms with Crippen LogP contribution in [0.1, 0.15) is 53.4 Å². The average Bonchev–Trinajstić information content (AvgIpc) is 3.24. The van der Waals surface area contributed by atoms with Gasteiger partial charge in [-0.1, -0.05) is 6.92 Å². The van der Waals surface area contributed by atoms with Crippen LogP contribution in [0.3, 0.4) is 0 Å². The van der Waals surface area contributed by atoms with Gasteiger partial charge in [0.15, 0.2) is 0 Å². The maximum absolute atomic E-state index is 12.6. The van der Waals surface area contributed by atoms with Gasteiger partial charge >= 0.3 is 5.97 Å². The number of imide groups is 2. The molecule has 5 amide bonds. The summed E-state index contributed by atoms with van der Waals surface area (Å²) in [5.41, 5.74) is -1.97. The molecule has 11 nitrogen and oxygen atoms in total. The predicted octanol–water partition coefficient (Wildman–Crippen LogP) is 0.236. The molecule has 1 atom stereocenters. The summed E-state index contributed by atoms with van der Waals surface area (Å²) in [6.07, 6.45) is 2.61. The van der Waals surface area contributed by atoms with Crippen molar-refractivity contribution in [3.8, 4) is 0 Å². The van der Waals surface area contributed by atoms with E-state index >= 15 is 0 Å². The summed E-state index contributed by atoms with van der Waals surface area (Å²) >= 11 is 0. The molecule has 1 saturated heterocycles. The van der Waals surface area contributed by atoms with Gasteiger partial charge in [0.25, 0.3) is 23.6 Å². The fraction of sp³-hybridized carbons (Fsp3) is 0.619. The number of rotatable bonds is 11. The predicted molar refractivity (Wildman–Crippen MR) is 109 cm³/mol. The first-order valence-corrected chi connectivity index (χ1v) is 10.4. The van der Waals surface area contributed by atoms with Crippen molar-refractivity contribution in [3.63, 3.8) is 0 Å². The maximum atomic E-state index is 12.6. The lowest BCUT2D eigenvalue weighted by atomic mass is 9.88. The molecule has 176 valence electrons. The molecule has 0 bridgehead atoms. The highest BCUT2D eigenvalue weighted by Gasteiger charge is 2.41. The molecular weight excluding hydrogens is 422 g/mol. The third-order valence-corrected chi connectivity index (χ3v) is 5.41. The Hall–Kier alpha value is -3.08. The van der Waals surface area contributed by atoms with Crippen molar-refractivity contribution >= 4 is 35.5 Å². The van der Waals surface area contributed by atoms with Gasteiger partial charge in [0, 0.05) is 44.5 Å². The second-order valence-electron chi connectivity index (χ2n) is 8.61. The van der Waals surface area contributed by atoms with Gasteiger partial charge in [-0.3, -0.25) is 28.9 Å². The van der Waals surface area contributed by atoms with Crippen LogP contribution >= 0.6 is 0 Å². The summed E-state index contributed by atoms with van der Waals surface area (Å²) in [5, 5.41) is 3.19. The molecule has 0 aromatic rings. The Labute approximate surface area is 186 Å². The lowest BCUT2D eigenvalue weighted by molar-refractivity contribution is -0.208. The van der Waals surface area contributed by atoms with Crippen LogP contribution in [0.2, 0.25) is 0 Å². The Morgan fingerprint density at radius 2 is 1.59 bits per heavy atom. The van der Waals surface area contributed by atoms with E-state index < -0.39 is 40.6 Å². The zero-order valence-corrected chi connectivity index (χ0v) is 18.8. The minimum atomic E-state index is -1.12. The number of ether oxygens (including phenoxy) is 1. The summed E-state index contributed by atoms with van der Waals surface area (Å²) in [6.45, 7) is 6.83. The largest absolute Gasteiger partial charge is 0.373 e. The fourth-order valence-electron chi connectivity index (χ4n) is 2.83. The highest BCUT2D eigenvalue weighted by atomic mass is 16.7. The zero-order chi connectivity index (χ0) is 24.1. The molecule has 0 saturated carbocycles. The van der Waals surface area contributed by atoms with E-state index in [-0.39, 0.29) is 44.9 Å². The molecule has 0 aromatic heterocycles. The summed E-state index contributed by atoms with van der Waals surface area (Å²) in [7, 11) is 0. The summed E-state index contributed by atoms with van der Waals surface area (Å²) in [6, 6.07) is 0. The Balaban J connectivity index is 1.81. The number of hydroxylamine groups is 2. The third kappa shape index (κ3) is 6.22. The number of nitrogens with zero attached hydrogens (tertiary/aromatic N) is 2. The zero-order valence-electron chi connectivity index (χ0n) is 18.8. The van der Waals surface area contributed by atoms with Crippen LogP contribution in [-0.4, -0.2) is 70.8 Å². The molecule has 1 fully saturated rings. The van der Waals surface area contributed by atoms with Crippen LogP contribution in [0.5, 0.6) is 0 Å². The number of hydrogen-bond acceptors (Lipinski definition) is 8. The van der Waals surface area contributed by atoms with Crippen LogP contribution in [-0.2, 0) is 38.3 Å². The van der Waals surface area contributed by atoms with Crippen LogP contribution in [0.15, 0.2) is 12.2 Å². The van der Waals surface area contributed by atoms with Gasteiger partial charge in [0.05, 0.1) is 17.6 Å². The normalized spacial score (nSPS) is 18.4. The Morgan fingerprint density at radius 1 is 1.03 bits per heavy atom. The SMILES string of the molecule is CCC(C)(COC(C)(C)CNC(=O)CCN1C(=O)C=CC1=O)C(=O)ON1C(=O)CCC1=O. The highest BCUT2D eigenvalue weighted by Crippen LogP contribution is 2.27. The Morgan fingerprint density at radius 3 is 2.12 bits per heavy atom. The second-order valence-corrected chi connectivity index (χ2v) is 8.61. The van der Waals surface area contributed by atoms with Gasteiger partial charge in [-0.15, -0.1) is 5.06 Å². The first-order chi connectivity index (χ1) is 14.9. The number of amides is 5. The van der Waals surface area contributed by atoms with Crippen molar-refractivity contribution in [3.05, 3.63) is 12.2 Å². The molecule has 0 radical (unpaired) electrons. The average molecular weight is 451 g/mol. The van der Waals surface area contributed by atoms with Crippen molar-refractivity contribution in [2.45, 2.75) is 59.0 Å². The molecule has 0 aromatic carbocycles. The minimum absolute atomic E-state index is 0.00870. The molecule has 2 aliphatic heterocycles. The van der Waals surface area contributed by atoms with E-state index in [4.69, 9.17) is 9.57 Å². The lowest BCUT2D eigenvalue weighted by Gasteiger charge is -2.32. The third-order valence-electron chi connectivity index (χ3n) is 5.41. The summed E-state index contributed by atoms with van der Waals surface area (Å²) in [5.74, 6) is -3.13. The topological polar surface area (TPSA) is 139 Å². The standard InChI is InChI=1S/C21H29N3O8/c1-5-21(4,19(30)32-24-17(28)8-9-18(24)29)13-31-20(2,3)12-22-14(25)10-11-23-15(26)6-7-16(23)27/h6-7H,5,8-13H2,1-4H3,(H,22,25). The number of carbonyl (C=O) groups is 6. The van der Waals surface area contributed by atoms with Gasteiger partial charge in [-0.05, 0) is 27.2 Å². The van der Waals surface area contributed by atoms with Crippen molar-refractivity contribution in [1.82, 2.24) is 15.3 Å². The summed E-state index contributed by atoms with van der Waals surface area (Å²) in [4.78, 5) is 77.1. The van der Waals surface area contributed by atoms with E-state index in [9.17, 15) is 28.8 Å². The monoisotopic (exact) mass is 451 g/mol. The molecule has 2 rings (SSSR count). The Kier molecular flexibility index (Phi) is 7.89. The molecule has 32 heavy (non-hydrogen) atoms. The number of nitrogens with one attached hydrogen (secondary N) is 1. The molecular formula is C21H29N3O8. The van der Waals surface area contributed by atoms with Crippen LogP contribution in [0.25, 0.3) is 0 Å². The van der Waals surface area contributed by atoms with Gasteiger partial charge in [0.1, 0.15) is 0 Å². The van der Waals surface area contributed by atoms with Gasteiger partial charge in [-0.2, -0.15) is 0 Å². The molecule has 0 spiro atoms. The minimum Gasteiger partial charge on any atom is -0.373 e. The van der Waals surface area contributed by atoms with Gasteiger partial charge < -0.3 is 14.9 Å². The smallest absolute Gasteiger partial charge is 0.341 e. The number of carbonyl (C=O) groups excluding carboxylic acids is 6. The molecule has 2 aliphatic rings. The molecule has 0 aliphatic carbocycles. The lowest BCUT2D eigenvalue weighted by Crippen LogP contribution is -2.46. The summed E-state index contributed by atoms with van der Waals surface area (Å²) < 4.78 is 5.85. The Bertz CT molecular complexity index is 816. The first kappa shape index (κ1) is 25.2. The van der Waals surface area contributed by atoms with E-state index in [2.05, 4.69) is 5.32 Å². The molecule has 11 heteroatoms. The second kappa shape index (κ2) is 10.0. The maximum Gasteiger partial charge on any atom is 0.341 e. The van der Waals surface area contributed by atoms with E-state index in [1.807, 2.05) is 0 Å². The van der Waals surface area contributed by atoms with Crippen LogP contribution in [0.4, 0.5) is 0 Å². The fourth-order valence-corrected chi connectivity index (χ4v) is 2.83. The van der Waals surface area contributed by atoms with Gasteiger partial charge in [0.2, 0.25) is 5.91 Å². The molecule has 1 N–H and O–H groups in total. The van der Waals surface area contributed by atoms with Crippen molar-refractivity contribution in [1.29, 1.82) is 0 Å². The molecule has 1 unspecified atom stereocenters. The van der Waals surface area contributed by atoms with E-state index in [1.165, 1.54) is 0 Å². The van der Waals surface area contributed by atoms with Crippen molar-refractivity contribution in [2.75, 3.05) is 19.7 Å².